The molecule has 0 unspecified atom stereocenters. The number of hydrogen-bond acceptors (Lipinski definition) is 4. The molecule has 0 aromatic heterocycles. The molecule has 0 aliphatic heterocycles. The minimum atomic E-state index is -4.07. The summed E-state index contributed by atoms with van der Waals surface area (Å²) in [6, 6.07) is 22.3. The Morgan fingerprint density at radius 1 is 0.927 bits per heavy atom. The minimum Gasteiger partial charge on any atom is -0.352 e. The summed E-state index contributed by atoms with van der Waals surface area (Å²) < 4.78 is 29.9. The predicted octanol–water partition coefficient (Wildman–Crippen LogP) is 6.05. The first-order chi connectivity index (χ1) is 19.7. The van der Waals surface area contributed by atoms with Crippen LogP contribution in [-0.4, -0.2) is 43.8 Å². The molecule has 1 aliphatic rings. The number of carbonyl (C=O) groups is 2. The molecule has 1 atom stereocenters. The summed E-state index contributed by atoms with van der Waals surface area (Å²) in [5.74, 6) is -0.620. The van der Waals surface area contributed by atoms with Crippen molar-refractivity contribution >= 4 is 50.1 Å². The molecular weight excluding hydrogens is 649 g/mol. The number of sulfonamides is 1. The third-order valence-electron chi connectivity index (χ3n) is 7.66. The van der Waals surface area contributed by atoms with E-state index >= 15 is 0 Å². The maximum atomic E-state index is 14.2. The molecule has 3 aromatic rings. The first-order valence-electron chi connectivity index (χ1n) is 14.2. The Balaban J connectivity index is 1.70. The summed E-state index contributed by atoms with van der Waals surface area (Å²) >= 11 is 2.16. The molecule has 0 heterocycles. The fourth-order valence-corrected chi connectivity index (χ4v) is 7.09. The summed E-state index contributed by atoms with van der Waals surface area (Å²) in [7, 11) is -4.07. The lowest BCUT2D eigenvalue weighted by atomic mass is 9.95. The quantitative estimate of drug-likeness (QED) is 0.249. The van der Waals surface area contributed by atoms with Gasteiger partial charge in [-0.3, -0.25) is 13.9 Å². The molecule has 1 saturated carbocycles. The summed E-state index contributed by atoms with van der Waals surface area (Å²) in [5, 5.41) is 3.19. The van der Waals surface area contributed by atoms with E-state index < -0.39 is 28.5 Å². The summed E-state index contributed by atoms with van der Waals surface area (Å²) in [6.07, 6.45) is 5.61. The zero-order chi connectivity index (χ0) is 29.4. The third-order valence-corrected chi connectivity index (χ3v) is 10.2. The van der Waals surface area contributed by atoms with Crippen molar-refractivity contribution in [1.29, 1.82) is 0 Å². The molecule has 1 fully saturated rings. The van der Waals surface area contributed by atoms with Crippen LogP contribution in [0.1, 0.15) is 56.6 Å². The van der Waals surface area contributed by atoms with Crippen LogP contribution in [0.3, 0.4) is 0 Å². The van der Waals surface area contributed by atoms with Gasteiger partial charge < -0.3 is 10.2 Å². The molecule has 1 aliphatic carbocycles. The van der Waals surface area contributed by atoms with E-state index in [0.29, 0.717) is 12.1 Å². The Hall–Kier alpha value is -2.92. The van der Waals surface area contributed by atoms with Gasteiger partial charge in [-0.15, -0.1) is 0 Å². The normalized spacial score (nSPS) is 14.7. The number of nitrogens with zero attached hydrogens (tertiary/aromatic N) is 2. The number of rotatable bonds is 11. The first-order valence-corrected chi connectivity index (χ1v) is 16.7. The van der Waals surface area contributed by atoms with Gasteiger partial charge in [0.1, 0.15) is 12.6 Å². The Kier molecular flexibility index (Phi) is 10.8. The number of halogens is 1. The zero-order valence-electron chi connectivity index (χ0n) is 23.6. The maximum Gasteiger partial charge on any atom is 0.264 e. The van der Waals surface area contributed by atoms with Crippen LogP contribution in [0.25, 0.3) is 0 Å². The number of carbonyl (C=O) groups excluding carboxylic acids is 2. The largest absolute Gasteiger partial charge is 0.352 e. The summed E-state index contributed by atoms with van der Waals surface area (Å²) in [4.78, 5) is 29.5. The number of nitrogens with one attached hydrogen (secondary N) is 1. The van der Waals surface area contributed by atoms with Gasteiger partial charge in [0.2, 0.25) is 11.8 Å². The Morgan fingerprint density at radius 3 is 2.20 bits per heavy atom. The second kappa shape index (κ2) is 14.3. The average molecular weight is 688 g/mol. The highest BCUT2D eigenvalue weighted by Crippen LogP contribution is 2.26. The monoisotopic (exact) mass is 687 g/mol. The van der Waals surface area contributed by atoms with Gasteiger partial charge in [-0.1, -0.05) is 68.7 Å². The lowest BCUT2D eigenvalue weighted by Gasteiger charge is -2.34. The van der Waals surface area contributed by atoms with Crippen molar-refractivity contribution in [2.75, 3.05) is 10.8 Å². The Labute approximate surface area is 257 Å². The van der Waals surface area contributed by atoms with Gasteiger partial charge in [0.05, 0.1) is 10.6 Å². The van der Waals surface area contributed by atoms with Crippen LogP contribution in [0.5, 0.6) is 0 Å². The smallest absolute Gasteiger partial charge is 0.264 e. The molecule has 3 aromatic carbocycles. The van der Waals surface area contributed by atoms with Crippen molar-refractivity contribution in [2.45, 2.75) is 75.9 Å². The molecule has 0 radical (unpaired) electrons. The topological polar surface area (TPSA) is 86.8 Å². The summed E-state index contributed by atoms with van der Waals surface area (Å²) in [5.41, 5.74) is 2.30. The molecule has 4 rings (SSSR count). The second-order valence-corrected chi connectivity index (χ2v) is 13.6. The molecule has 0 spiro atoms. The van der Waals surface area contributed by atoms with E-state index in [1.54, 1.807) is 35.2 Å². The van der Waals surface area contributed by atoms with Crippen molar-refractivity contribution in [2.24, 2.45) is 0 Å². The molecule has 0 bridgehead atoms. The van der Waals surface area contributed by atoms with Gasteiger partial charge in [-0.25, -0.2) is 8.42 Å². The lowest BCUT2D eigenvalue weighted by molar-refractivity contribution is -0.140. The highest BCUT2D eigenvalue weighted by molar-refractivity contribution is 14.1. The minimum absolute atomic E-state index is 0.0962. The van der Waals surface area contributed by atoms with Crippen LogP contribution in [0, 0.1) is 10.5 Å². The lowest BCUT2D eigenvalue weighted by Crippen LogP contribution is -2.54. The maximum absolute atomic E-state index is 14.2. The Bertz CT molecular complexity index is 1420. The molecule has 1 N–H and O–H groups in total. The van der Waals surface area contributed by atoms with E-state index in [1.807, 2.05) is 50.2 Å². The number of hydrogen-bond donors (Lipinski definition) is 1. The molecule has 218 valence electrons. The van der Waals surface area contributed by atoms with Crippen LogP contribution in [0.2, 0.25) is 0 Å². The Morgan fingerprint density at radius 2 is 1.56 bits per heavy atom. The highest BCUT2D eigenvalue weighted by atomic mass is 127. The second-order valence-electron chi connectivity index (χ2n) is 10.5. The van der Waals surface area contributed by atoms with E-state index in [4.69, 9.17) is 0 Å². The number of benzene rings is 3. The van der Waals surface area contributed by atoms with Gasteiger partial charge in [0.25, 0.3) is 10.0 Å². The number of anilines is 1. The van der Waals surface area contributed by atoms with Crippen LogP contribution >= 0.6 is 22.6 Å². The first kappa shape index (κ1) is 31.0. The van der Waals surface area contributed by atoms with E-state index in [9.17, 15) is 18.0 Å². The van der Waals surface area contributed by atoms with E-state index in [0.717, 1.165) is 44.7 Å². The van der Waals surface area contributed by atoms with Gasteiger partial charge in [0.15, 0.2) is 0 Å². The van der Waals surface area contributed by atoms with Gasteiger partial charge >= 0.3 is 0 Å². The van der Waals surface area contributed by atoms with E-state index in [2.05, 4.69) is 27.9 Å². The molecule has 41 heavy (non-hydrogen) atoms. The van der Waals surface area contributed by atoms with Gasteiger partial charge in [0, 0.05) is 16.2 Å². The average Bonchev–Trinajstić information content (AvgIpc) is 2.98. The molecular formula is C32H38IN3O4S. The summed E-state index contributed by atoms with van der Waals surface area (Å²) in [6.45, 7) is 3.63. The van der Waals surface area contributed by atoms with Crippen molar-refractivity contribution in [1.82, 2.24) is 10.2 Å². The zero-order valence-corrected chi connectivity index (χ0v) is 26.6. The molecule has 7 nitrogen and oxygen atoms in total. The number of aryl methyl sites for hydroxylation is 1. The van der Waals surface area contributed by atoms with Crippen molar-refractivity contribution in [3.05, 3.63) is 93.6 Å². The third kappa shape index (κ3) is 7.88. The number of amides is 2. The van der Waals surface area contributed by atoms with E-state index in [-0.39, 0.29) is 23.4 Å². The fourth-order valence-electron chi connectivity index (χ4n) is 5.29. The van der Waals surface area contributed by atoms with Crippen molar-refractivity contribution < 1.29 is 18.0 Å². The van der Waals surface area contributed by atoms with E-state index in [1.165, 1.54) is 18.6 Å². The predicted molar refractivity (Wildman–Crippen MR) is 171 cm³/mol. The van der Waals surface area contributed by atoms with Gasteiger partial charge in [-0.05, 0) is 96.3 Å². The van der Waals surface area contributed by atoms with Gasteiger partial charge in [-0.2, -0.15) is 0 Å². The van der Waals surface area contributed by atoms with Crippen molar-refractivity contribution in [3.63, 3.8) is 0 Å². The SMILES string of the molecule is CC[C@@H](C(=O)NC1CCCCC1)N(Cc1ccccc1C)C(=O)CN(c1ccc(I)cc1)S(=O)(=O)c1ccccc1. The van der Waals surface area contributed by atoms with Crippen molar-refractivity contribution in [3.8, 4) is 0 Å². The molecule has 2 amide bonds. The van der Waals surface area contributed by atoms with Crippen LogP contribution in [-0.2, 0) is 26.2 Å². The van der Waals surface area contributed by atoms with Crippen LogP contribution in [0.4, 0.5) is 5.69 Å². The fraction of sp³-hybridized carbons (Fsp3) is 0.375. The van der Waals surface area contributed by atoms with Crippen LogP contribution in [0.15, 0.2) is 83.8 Å². The standard InChI is InChI=1S/C32H38IN3O4S/c1-3-30(32(38)34-27-14-6-4-7-15-27)35(22-25-13-11-10-12-24(25)2)31(37)23-36(28-20-18-26(33)19-21-28)41(39,40)29-16-8-5-9-17-29/h5,8-13,16-21,27,30H,3-4,6-7,14-15,22-23H2,1-2H3,(H,34,38)/t30-/m0/s1. The van der Waals surface area contributed by atoms with Crippen LogP contribution < -0.4 is 9.62 Å². The molecule has 9 heteroatoms. The molecule has 0 saturated heterocycles. The highest BCUT2D eigenvalue weighted by Gasteiger charge is 2.34.